The van der Waals surface area contributed by atoms with E-state index in [4.69, 9.17) is 19.2 Å². The van der Waals surface area contributed by atoms with Crippen LogP contribution >= 0.6 is 0 Å². The fourth-order valence-corrected chi connectivity index (χ4v) is 5.68. The van der Waals surface area contributed by atoms with Gasteiger partial charge < -0.3 is 13.8 Å². The summed E-state index contributed by atoms with van der Waals surface area (Å²) < 4.78 is 13.8. The zero-order valence-electron chi connectivity index (χ0n) is 20.5. The summed E-state index contributed by atoms with van der Waals surface area (Å²) >= 11 is 0. The minimum Gasteiger partial charge on any atom is -0.381 e. The monoisotopic (exact) mass is 466 g/mol. The number of rotatable bonds is 5. The fourth-order valence-electron chi connectivity index (χ4n) is 5.68. The van der Waals surface area contributed by atoms with E-state index in [0.29, 0.717) is 5.92 Å². The zero-order chi connectivity index (χ0) is 23.9. The van der Waals surface area contributed by atoms with E-state index in [1.54, 1.807) is 0 Å². The van der Waals surface area contributed by atoms with Crippen molar-refractivity contribution in [2.75, 3.05) is 13.2 Å². The number of aromatic nitrogens is 4. The van der Waals surface area contributed by atoms with Crippen LogP contribution in [0, 0.1) is 19.8 Å². The van der Waals surface area contributed by atoms with Crippen LogP contribution in [-0.2, 0) is 11.2 Å². The Kier molecular flexibility index (Phi) is 5.61. The Bertz CT molecular complexity index is 1480. The molecule has 6 rings (SSSR count). The van der Waals surface area contributed by atoms with Gasteiger partial charge in [-0.1, -0.05) is 42.4 Å². The second kappa shape index (κ2) is 8.93. The van der Waals surface area contributed by atoms with Crippen molar-refractivity contribution in [1.29, 1.82) is 0 Å². The maximum atomic E-state index is 5.76. The Balaban J connectivity index is 1.68. The molecule has 1 atom stereocenters. The SMILES string of the molecule is CCc1cc2c(cn1)c1ncc(-c3c(C)noc3C)cc1n2C(c1ccccc1)C1CCOCC1. The topological polar surface area (TPSA) is 66.0 Å². The molecular weight excluding hydrogens is 436 g/mol. The molecule has 0 spiro atoms. The summed E-state index contributed by atoms with van der Waals surface area (Å²) in [6.45, 7) is 7.70. The first kappa shape index (κ1) is 22.0. The molecule has 0 N–H and O–H groups in total. The lowest BCUT2D eigenvalue weighted by Gasteiger charge is -2.33. The largest absolute Gasteiger partial charge is 0.381 e. The summed E-state index contributed by atoms with van der Waals surface area (Å²) in [5.74, 6) is 1.27. The van der Waals surface area contributed by atoms with Gasteiger partial charge in [0.05, 0.1) is 28.3 Å². The van der Waals surface area contributed by atoms with Gasteiger partial charge in [-0.05, 0) is 56.7 Å². The van der Waals surface area contributed by atoms with Crippen LogP contribution in [0.5, 0.6) is 0 Å². The molecule has 0 aliphatic carbocycles. The highest BCUT2D eigenvalue weighted by Crippen LogP contribution is 2.41. The first-order chi connectivity index (χ1) is 17.2. The molecule has 6 heteroatoms. The van der Waals surface area contributed by atoms with Gasteiger partial charge in [-0.2, -0.15) is 0 Å². The highest BCUT2D eigenvalue weighted by atomic mass is 16.5. The predicted molar refractivity (Wildman–Crippen MR) is 138 cm³/mol. The fraction of sp³-hybridized carbons (Fsp3) is 0.345. The smallest absolute Gasteiger partial charge is 0.141 e. The highest BCUT2D eigenvalue weighted by molar-refractivity contribution is 6.06. The second-order valence-electron chi connectivity index (χ2n) is 9.51. The maximum absolute atomic E-state index is 5.76. The molecule has 1 aromatic carbocycles. The van der Waals surface area contributed by atoms with Crippen molar-refractivity contribution in [3.05, 3.63) is 77.6 Å². The summed E-state index contributed by atoms with van der Waals surface area (Å²) in [5, 5.41) is 5.28. The molecule has 0 saturated carbocycles. The second-order valence-corrected chi connectivity index (χ2v) is 9.51. The van der Waals surface area contributed by atoms with Gasteiger partial charge >= 0.3 is 0 Å². The van der Waals surface area contributed by atoms with Crippen LogP contribution in [0.3, 0.4) is 0 Å². The van der Waals surface area contributed by atoms with Crippen LogP contribution < -0.4 is 0 Å². The molecule has 178 valence electrons. The van der Waals surface area contributed by atoms with Crippen molar-refractivity contribution in [2.24, 2.45) is 5.92 Å². The molecule has 1 fully saturated rings. The van der Waals surface area contributed by atoms with Gasteiger partial charge in [-0.15, -0.1) is 0 Å². The van der Waals surface area contributed by atoms with E-state index in [0.717, 1.165) is 77.2 Å². The quantitative estimate of drug-likeness (QED) is 0.298. The third-order valence-electron chi connectivity index (χ3n) is 7.40. The van der Waals surface area contributed by atoms with Crippen LogP contribution in [0.15, 0.2) is 59.4 Å². The van der Waals surface area contributed by atoms with Crippen molar-refractivity contribution >= 4 is 21.9 Å². The van der Waals surface area contributed by atoms with Crippen molar-refractivity contribution in [3.63, 3.8) is 0 Å². The third kappa shape index (κ3) is 3.73. The lowest BCUT2D eigenvalue weighted by molar-refractivity contribution is 0.0553. The van der Waals surface area contributed by atoms with Gasteiger partial charge in [0.1, 0.15) is 5.76 Å². The van der Waals surface area contributed by atoms with Crippen molar-refractivity contribution < 1.29 is 9.26 Å². The average Bonchev–Trinajstić information content (AvgIpc) is 3.41. The number of benzene rings is 1. The minimum atomic E-state index is 0.175. The molecule has 5 aromatic rings. The molecule has 1 unspecified atom stereocenters. The van der Waals surface area contributed by atoms with Crippen LogP contribution in [0.4, 0.5) is 0 Å². The summed E-state index contributed by atoms with van der Waals surface area (Å²) in [6.07, 6.45) is 6.90. The molecular formula is C29H30N4O2. The molecule has 0 radical (unpaired) electrons. The number of aryl methyl sites for hydroxylation is 3. The molecule has 6 nitrogen and oxygen atoms in total. The van der Waals surface area contributed by atoms with Gasteiger partial charge in [-0.25, -0.2) is 0 Å². The van der Waals surface area contributed by atoms with Crippen molar-refractivity contribution in [2.45, 2.75) is 46.1 Å². The van der Waals surface area contributed by atoms with Gasteiger partial charge in [0.2, 0.25) is 0 Å². The van der Waals surface area contributed by atoms with E-state index in [2.05, 4.69) is 59.1 Å². The average molecular weight is 467 g/mol. The van der Waals surface area contributed by atoms with Gasteiger partial charge in [0, 0.05) is 47.8 Å². The standard InChI is InChI=1S/C29H30N4O2/c1-4-23-15-25-24(17-30-23)28-26(14-22(16-31-28)27-18(2)32-35-19(27)3)33(25)29(20-8-6-5-7-9-20)21-10-12-34-13-11-21/h5-9,14-17,21,29H,4,10-13H2,1-3H3. The van der Waals surface area contributed by atoms with Crippen LogP contribution in [0.1, 0.15) is 48.5 Å². The summed E-state index contributed by atoms with van der Waals surface area (Å²) in [4.78, 5) is 9.73. The number of pyridine rings is 2. The van der Waals surface area contributed by atoms with Gasteiger partial charge in [0.15, 0.2) is 0 Å². The van der Waals surface area contributed by atoms with E-state index in [-0.39, 0.29) is 6.04 Å². The van der Waals surface area contributed by atoms with E-state index >= 15 is 0 Å². The Morgan fingerprint density at radius 1 is 1.00 bits per heavy atom. The Morgan fingerprint density at radius 3 is 2.51 bits per heavy atom. The van der Waals surface area contributed by atoms with Gasteiger partial charge in [-0.3, -0.25) is 9.97 Å². The summed E-state index contributed by atoms with van der Waals surface area (Å²) in [6, 6.07) is 15.6. The summed E-state index contributed by atoms with van der Waals surface area (Å²) in [7, 11) is 0. The van der Waals surface area contributed by atoms with Crippen molar-refractivity contribution in [1.82, 2.24) is 19.7 Å². The number of hydrogen-bond donors (Lipinski definition) is 0. The van der Waals surface area contributed by atoms with Gasteiger partial charge in [0.25, 0.3) is 0 Å². The lowest BCUT2D eigenvalue weighted by Crippen LogP contribution is -2.27. The van der Waals surface area contributed by atoms with E-state index in [1.165, 1.54) is 11.1 Å². The normalized spacial score (nSPS) is 15.7. The molecule has 1 aliphatic heterocycles. The molecule has 5 heterocycles. The van der Waals surface area contributed by atoms with Crippen LogP contribution in [-0.4, -0.2) is 32.9 Å². The van der Waals surface area contributed by atoms with Crippen molar-refractivity contribution in [3.8, 4) is 11.1 Å². The number of ether oxygens (including phenoxy) is 1. The first-order valence-electron chi connectivity index (χ1n) is 12.5. The Hall–Kier alpha value is -3.51. The molecule has 0 bridgehead atoms. The molecule has 4 aromatic heterocycles. The molecule has 1 aliphatic rings. The Morgan fingerprint density at radius 2 is 1.80 bits per heavy atom. The van der Waals surface area contributed by atoms with Crippen LogP contribution in [0.25, 0.3) is 33.1 Å². The maximum Gasteiger partial charge on any atom is 0.141 e. The highest BCUT2D eigenvalue weighted by Gasteiger charge is 2.30. The minimum absolute atomic E-state index is 0.175. The zero-order valence-corrected chi connectivity index (χ0v) is 20.5. The summed E-state index contributed by atoms with van der Waals surface area (Å²) in [5.41, 5.74) is 8.63. The van der Waals surface area contributed by atoms with E-state index in [9.17, 15) is 0 Å². The van der Waals surface area contributed by atoms with Crippen LogP contribution in [0.2, 0.25) is 0 Å². The molecule has 1 saturated heterocycles. The number of fused-ring (bicyclic) bond motifs is 3. The molecule has 35 heavy (non-hydrogen) atoms. The van der Waals surface area contributed by atoms with E-state index < -0.39 is 0 Å². The predicted octanol–water partition coefficient (Wildman–Crippen LogP) is 6.43. The first-order valence-corrected chi connectivity index (χ1v) is 12.5. The number of nitrogens with zero attached hydrogens (tertiary/aromatic N) is 4. The Labute approximate surface area is 204 Å². The third-order valence-corrected chi connectivity index (χ3v) is 7.40. The lowest BCUT2D eigenvalue weighted by atomic mass is 9.86. The number of hydrogen-bond acceptors (Lipinski definition) is 5. The van der Waals surface area contributed by atoms with E-state index in [1.807, 2.05) is 26.2 Å². The molecule has 0 amide bonds.